The van der Waals surface area contributed by atoms with Crippen molar-refractivity contribution in [1.82, 2.24) is 4.72 Å². The highest BCUT2D eigenvalue weighted by Gasteiger charge is 2.21. The Morgan fingerprint density at radius 2 is 2.10 bits per heavy atom. The van der Waals surface area contributed by atoms with Crippen molar-refractivity contribution in [2.75, 3.05) is 26.9 Å². The molecular weight excluding hydrogens is 318 g/mol. The summed E-state index contributed by atoms with van der Waals surface area (Å²) >= 11 is 5.85. The molecule has 1 aromatic rings. The summed E-state index contributed by atoms with van der Waals surface area (Å²) in [5, 5.41) is 0.329. The Morgan fingerprint density at radius 3 is 2.76 bits per heavy atom. The summed E-state index contributed by atoms with van der Waals surface area (Å²) in [6.07, 6.45) is 0.951. The van der Waals surface area contributed by atoms with Gasteiger partial charge in [0.05, 0.1) is 20.3 Å². The van der Waals surface area contributed by atoms with Crippen LogP contribution in [0.1, 0.15) is 12.8 Å². The van der Waals surface area contributed by atoms with E-state index in [1.807, 2.05) is 0 Å². The van der Waals surface area contributed by atoms with Crippen molar-refractivity contribution in [2.24, 2.45) is 0 Å². The Balaban J connectivity index is 1.99. The fourth-order valence-electron chi connectivity index (χ4n) is 1.95. The number of hydrogen-bond donors (Lipinski definition) is 1. The molecule has 0 saturated carbocycles. The van der Waals surface area contributed by atoms with Gasteiger partial charge in [0.25, 0.3) is 0 Å². The SMILES string of the molecule is COc1ccc(Cl)cc1S(=O)(=O)NCCC1OCCCO1. The first kappa shape index (κ1) is 16.5. The van der Waals surface area contributed by atoms with Gasteiger partial charge >= 0.3 is 0 Å². The molecule has 1 heterocycles. The second kappa shape index (κ2) is 7.42. The van der Waals surface area contributed by atoms with E-state index in [1.165, 1.54) is 19.2 Å². The van der Waals surface area contributed by atoms with E-state index in [1.54, 1.807) is 6.07 Å². The van der Waals surface area contributed by atoms with Crippen molar-refractivity contribution < 1.29 is 22.6 Å². The molecule has 118 valence electrons. The van der Waals surface area contributed by atoms with Gasteiger partial charge in [-0.1, -0.05) is 11.6 Å². The van der Waals surface area contributed by atoms with Crippen LogP contribution in [0.15, 0.2) is 23.1 Å². The normalized spacial score (nSPS) is 16.9. The number of methoxy groups -OCH3 is 1. The number of benzene rings is 1. The van der Waals surface area contributed by atoms with E-state index in [0.717, 1.165) is 6.42 Å². The van der Waals surface area contributed by atoms with Crippen LogP contribution in [0.2, 0.25) is 5.02 Å². The minimum Gasteiger partial charge on any atom is -0.495 e. The molecule has 0 amide bonds. The summed E-state index contributed by atoms with van der Waals surface area (Å²) in [6.45, 7) is 1.49. The zero-order chi connectivity index (χ0) is 15.3. The molecule has 1 aliphatic heterocycles. The standard InChI is InChI=1S/C13H18ClNO5S/c1-18-11-4-3-10(14)9-12(11)21(16,17)15-6-5-13-19-7-2-8-20-13/h3-4,9,13,15H,2,5-8H2,1H3. The van der Waals surface area contributed by atoms with Crippen molar-refractivity contribution in [3.05, 3.63) is 23.2 Å². The van der Waals surface area contributed by atoms with Gasteiger partial charge in [0.15, 0.2) is 6.29 Å². The van der Waals surface area contributed by atoms with Crippen molar-refractivity contribution in [3.63, 3.8) is 0 Å². The van der Waals surface area contributed by atoms with E-state index in [0.29, 0.717) is 24.7 Å². The lowest BCUT2D eigenvalue weighted by Gasteiger charge is -2.23. The van der Waals surface area contributed by atoms with Crippen molar-refractivity contribution in [2.45, 2.75) is 24.0 Å². The van der Waals surface area contributed by atoms with Gasteiger partial charge in [-0.15, -0.1) is 0 Å². The highest BCUT2D eigenvalue weighted by molar-refractivity contribution is 7.89. The van der Waals surface area contributed by atoms with E-state index in [4.69, 9.17) is 25.8 Å². The Labute approximate surface area is 129 Å². The smallest absolute Gasteiger partial charge is 0.244 e. The summed E-state index contributed by atoms with van der Waals surface area (Å²) < 4.78 is 42.8. The van der Waals surface area contributed by atoms with Gasteiger partial charge in [0.1, 0.15) is 10.6 Å². The van der Waals surface area contributed by atoms with Gasteiger partial charge in [-0.2, -0.15) is 0 Å². The molecule has 0 bridgehead atoms. The maximum Gasteiger partial charge on any atom is 0.244 e. The molecule has 2 rings (SSSR count). The Kier molecular flexibility index (Phi) is 5.83. The molecule has 0 aromatic heterocycles. The Morgan fingerprint density at radius 1 is 1.38 bits per heavy atom. The number of sulfonamides is 1. The first-order chi connectivity index (χ1) is 10.0. The van der Waals surface area contributed by atoms with Gasteiger partial charge in [0, 0.05) is 18.0 Å². The summed E-state index contributed by atoms with van der Waals surface area (Å²) in [6, 6.07) is 4.45. The van der Waals surface area contributed by atoms with Crippen LogP contribution < -0.4 is 9.46 Å². The lowest BCUT2D eigenvalue weighted by atomic mass is 10.3. The predicted molar refractivity (Wildman–Crippen MR) is 78.1 cm³/mol. The van der Waals surface area contributed by atoms with Crippen LogP contribution >= 0.6 is 11.6 Å². The second-order valence-corrected chi connectivity index (χ2v) is 6.68. The average Bonchev–Trinajstić information content (AvgIpc) is 2.48. The Bertz CT molecular complexity index is 572. The molecule has 1 aliphatic rings. The number of halogens is 1. The fourth-order valence-corrected chi connectivity index (χ4v) is 3.43. The molecule has 0 aliphatic carbocycles. The number of rotatable bonds is 6. The van der Waals surface area contributed by atoms with Crippen LogP contribution in [0.25, 0.3) is 0 Å². The molecule has 0 spiro atoms. The third-order valence-corrected chi connectivity index (χ3v) is 4.70. The molecule has 1 saturated heterocycles. The van der Waals surface area contributed by atoms with Crippen LogP contribution in [-0.4, -0.2) is 41.6 Å². The van der Waals surface area contributed by atoms with E-state index in [9.17, 15) is 8.42 Å². The highest BCUT2D eigenvalue weighted by atomic mass is 35.5. The van der Waals surface area contributed by atoms with Crippen molar-refractivity contribution in [1.29, 1.82) is 0 Å². The molecule has 0 atom stereocenters. The first-order valence-corrected chi connectivity index (χ1v) is 8.45. The largest absolute Gasteiger partial charge is 0.495 e. The summed E-state index contributed by atoms with van der Waals surface area (Å²) in [7, 11) is -2.29. The molecule has 8 heteroatoms. The van der Waals surface area contributed by atoms with Crippen molar-refractivity contribution >= 4 is 21.6 Å². The maximum atomic E-state index is 12.3. The predicted octanol–water partition coefficient (Wildman–Crippen LogP) is 1.78. The topological polar surface area (TPSA) is 73.9 Å². The summed E-state index contributed by atoms with van der Waals surface area (Å²) in [5.41, 5.74) is 0. The minimum absolute atomic E-state index is 0.0166. The quantitative estimate of drug-likeness (QED) is 0.857. The monoisotopic (exact) mass is 335 g/mol. The minimum atomic E-state index is -3.70. The molecular formula is C13H18ClNO5S. The van der Waals surface area contributed by atoms with Gasteiger partial charge < -0.3 is 14.2 Å². The van der Waals surface area contributed by atoms with Crippen molar-refractivity contribution in [3.8, 4) is 5.75 Å². The van der Waals surface area contributed by atoms with Gasteiger partial charge in [0.2, 0.25) is 10.0 Å². The third kappa shape index (κ3) is 4.55. The fraction of sp³-hybridized carbons (Fsp3) is 0.538. The molecule has 0 radical (unpaired) electrons. The third-order valence-electron chi connectivity index (χ3n) is 2.98. The van der Waals surface area contributed by atoms with E-state index in [-0.39, 0.29) is 23.5 Å². The lowest BCUT2D eigenvalue weighted by molar-refractivity contribution is -0.180. The van der Waals surface area contributed by atoms with Gasteiger partial charge in [-0.05, 0) is 24.6 Å². The van der Waals surface area contributed by atoms with Gasteiger partial charge in [-0.3, -0.25) is 0 Å². The molecule has 0 unspecified atom stereocenters. The summed E-state index contributed by atoms with van der Waals surface area (Å²) in [4.78, 5) is 0.0166. The van der Waals surface area contributed by atoms with Crippen LogP contribution in [0.4, 0.5) is 0 Å². The zero-order valence-electron chi connectivity index (χ0n) is 11.7. The Hall–Kier alpha value is -0.860. The van der Waals surface area contributed by atoms with Crippen LogP contribution in [0.5, 0.6) is 5.75 Å². The second-order valence-electron chi connectivity index (χ2n) is 4.51. The number of nitrogens with one attached hydrogen (secondary N) is 1. The van der Waals surface area contributed by atoms with Crippen LogP contribution in [-0.2, 0) is 19.5 Å². The van der Waals surface area contributed by atoms with Gasteiger partial charge in [-0.25, -0.2) is 13.1 Å². The highest BCUT2D eigenvalue weighted by Crippen LogP contribution is 2.26. The summed E-state index contributed by atoms with van der Waals surface area (Å²) in [5.74, 6) is 0.247. The number of ether oxygens (including phenoxy) is 3. The molecule has 21 heavy (non-hydrogen) atoms. The van der Waals surface area contributed by atoms with Crippen LogP contribution in [0.3, 0.4) is 0 Å². The molecule has 6 nitrogen and oxygen atoms in total. The first-order valence-electron chi connectivity index (χ1n) is 6.59. The maximum absolute atomic E-state index is 12.3. The zero-order valence-corrected chi connectivity index (χ0v) is 13.2. The van der Waals surface area contributed by atoms with E-state index in [2.05, 4.69) is 4.72 Å². The van der Waals surface area contributed by atoms with E-state index >= 15 is 0 Å². The molecule has 1 fully saturated rings. The molecule has 1 N–H and O–H groups in total. The number of hydrogen-bond acceptors (Lipinski definition) is 5. The van der Waals surface area contributed by atoms with Crippen LogP contribution in [0, 0.1) is 0 Å². The van der Waals surface area contributed by atoms with E-state index < -0.39 is 10.0 Å². The average molecular weight is 336 g/mol. The molecule has 1 aromatic carbocycles. The lowest BCUT2D eigenvalue weighted by Crippen LogP contribution is -2.31.